The van der Waals surface area contributed by atoms with E-state index in [1.165, 1.54) is 0 Å². The van der Waals surface area contributed by atoms with Crippen molar-refractivity contribution in [2.45, 2.75) is 6.54 Å². The summed E-state index contributed by atoms with van der Waals surface area (Å²) >= 11 is 11.2. The van der Waals surface area contributed by atoms with Crippen LogP contribution in [0.4, 0.5) is 11.6 Å². The summed E-state index contributed by atoms with van der Waals surface area (Å²) in [6, 6.07) is 13.0. The second-order valence-corrected chi connectivity index (χ2v) is 6.38. The van der Waals surface area contributed by atoms with Crippen molar-refractivity contribution in [2.75, 3.05) is 24.9 Å². The molecule has 2 N–H and O–H groups in total. The summed E-state index contributed by atoms with van der Waals surface area (Å²) in [6.07, 6.45) is 1.63. The topological polar surface area (TPSA) is 73.2 Å². The average Bonchev–Trinajstić information content (AvgIpc) is 3.10. The van der Waals surface area contributed by atoms with Gasteiger partial charge in [0, 0.05) is 11.1 Å². The van der Waals surface area contributed by atoms with Crippen LogP contribution in [0.25, 0.3) is 0 Å². The van der Waals surface area contributed by atoms with Crippen molar-refractivity contribution in [3.8, 4) is 11.5 Å². The van der Waals surface area contributed by atoms with Gasteiger partial charge in [0.1, 0.15) is 17.8 Å². The molecule has 7 nitrogen and oxygen atoms in total. The van der Waals surface area contributed by atoms with Crippen molar-refractivity contribution in [2.24, 2.45) is 0 Å². The number of nitrogens with one attached hydrogen (secondary N) is 2. The molecule has 0 saturated heterocycles. The first-order chi connectivity index (χ1) is 13.1. The number of methoxy groups -OCH3 is 2. The zero-order valence-corrected chi connectivity index (χ0v) is 16.3. The monoisotopic (exact) mass is 403 g/mol. The fourth-order valence-electron chi connectivity index (χ4n) is 2.36. The van der Waals surface area contributed by atoms with E-state index >= 15 is 0 Å². The highest BCUT2D eigenvalue weighted by molar-refractivity contribution is 7.80. The molecule has 0 aliphatic heterocycles. The lowest BCUT2D eigenvalue weighted by Crippen LogP contribution is -2.20. The van der Waals surface area contributed by atoms with Gasteiger partial charge < -0.3 is 14.8 Å². The molecule has 0 aliphatic carbocycles. The average molecular weight is 404 g/mol. The van der Waals surface area contributed by atoms with Gasteiger partial charge in [-0.3, -0.25) is 5.32 Å². The van der Waals surface area contributed by atoms with Gasteiger partial charge in [0.05, 0.1) is 26.5 Å². The Bertz CT molecular complexity index is 930. The van der Waals surface area contributed by atoms with Crippen molar-refractivity contribution in [3.05, 3.63) is 59.4 Å². The Kier molecular flexibility index (Phi) is 6.10. The molecule has 0 radical (unpaired) electrons. The van der Waals surface area contributed by atoms with Crippen LogP contribution in [0.2, 0.25) is 5.02 Å². The number of ether oxygens (including phenoxy) is 2. The first-order valence-electron chi connectivity index (χ1n) is 8.01. The third-order valence-corrected chi connectivity index (χ3v) is 4.13. The van der Waals surface area contributed by atoms with Crippen LogP contribution in [-0.2, 0) is 6.54 Å². The van der Waals surface area contributed by atoms with Crippen molar-refractivity contribution in [1.82, 2.24) is 14.8 Å². The molecule has 0 atom stereocenters. The lowest BCUT2D eigenvalue weighted by molar-refractivity contribution is 0.395. The molecule has 3 rings (SSSR count). The molecule has 0 saturated carbocycles. The van der Waals surface area contributed by atoms with Gasteiger partial charge in [0.2, 0.25) is 5.95 Å². The molecule has 1 heterocycles. The minimum absolute atomic E-state index is 0.350. The molecule has 0 unspecified atom stereocenters. The highest BCUT2D eigenvalue weighted by Gasteiger charge is 2.09. The number of benzene rings is 2. The van der Waals surface area contributed by atoms with Crippen LogP contribution >= 0.6 is 23.8 Å². The van der Waals surface area contributed by atoms with E-state index in [1.807, 2.05) is 36.4 Å². The summed E-state index contributed by atoms with van der Waals surface area (Å²) in [7, 11) is 3.18. The van der Waals surface area contributed by atoms with Crippen LogP contribution in [0.3, 0.4) is 0 Å². The quantitative estimate of drug-likeness (QED) is 0.606. The Morgan fingerprint density at radius 1 is 1.11 bits per heavy atom. The molecule has 27 heavy (non-hydrogen) atoms. The molecule has 0 amide bonds. The molecular weight excluding hydrogens is 386 g/mol. The Morgan fingerprint density at radius 2 is 1.89 bits per heavy atom. The van der Waals surface area contributed by atoms with Crippen LogP contribution in [0, 0.1) is 0 Å². The van der Waals surface area contributed by atoms with Gasteiger partial charge in [-0.15, -0.1) is 5.10 Å². The minimum Gasteiger partial charge on any atom is -0.497 e. The highest BCUT2D eigenvalue weighted by atomic mass is 35.5. The van der Waals surface area contributed by atoms with E-state index in [0.717, 1.165) is 5.56 Å². The maximum atomic E-state index is 5.90. The molecule has 3 aromatic rings. The van der Waals surface area contributed by atoms with Crippen molar-refractivity contribution >= 4 is 40.6 Å². The fourth-order valence-corrected chi connectivity index (χ4v) is 2.69. The first-order valence-corrected chi connectivity index (χ1v) is 8.80. The molecular formula is C18H18ClN5O2S. The molecule has 0 aliphatic rings. The van der Waals surface area contributed by atoms with Gasteiger partial charge >= 0.3 is 0 Å². The second kappa shape index (κ2) is 8.70. The second-order valence-electron chi connectivity index (χ2n) is 5.54. The number of rotatable bonds is 6. The predicted molar refractivity (Wildman–Crippen MR) is 110 cm³/mol. The third kappa shape index (κ3) is 5.08. The Labute approximate surface area is 167 Å². The number of thiocarbonyl (C=S) groups is 1. The van der Waals surface area contributed by atoms with Gasteiger partial charge in [0.15, 0.2) is 5.11 Å². The summed E-state index contributed by atoms with van der Waals surface area (Å²) in [5.74, 6) is 1.70. The van der Waals surface area contributed by atoms with Gasteiger partial charge in [-0.2, -0.15) is 0 Å². The Hall–Kier alpha value is -2.84. The van der Waals surface area contributed by atoms with Gasteiger partial charge in [-0.05, 0) is 42.0 Å². The predicted octanol–water partition coefficient (Wildman–Crippen LogP) is 3.81. The largest absolute Gasteiger partial charge is 0.497 e. The van der Waals surface area contributed by atoms with Crippen LogP contribution in [0.1, 0.15) is 5.56 Å². The van der Waals surface area contributed by atoms with E-state index in [2.05, 4.69) is 20.7 Å². The zero-order valence-electron chi connectivity index (χ0n) is 14.8. The molecule has 140 valence electrons. The summed E-state index contributed by atoms with van der Waals surface area (Å²) in [5.41, 5.74) is 1.77. The lowest BCUT2D eigenvalue weighted by Gasteiger charge is -2.13. The van der Waals surface area contributed by atoms with Crippen LogP contribution in [0.15, 0.2) is 48.8 Å². The molecule has 0 fully saturated rings. The number of nitrogens with zero attached hydrogens (tertiary/aromatic N) is 3. The Balaban J connectivity index is 1.61. The number of aromatic nitrogens is 3. The molecule has 2 aromatic carbocycles. The summed E-state index contributed by atoms with van der Waals surface area (Å²) in [4.78, 5) is 4.22. The van der Waals surface area contributed by atoms with E-state index in [9.17, 15) is 0 Å². The number of hydrogen-bond donors (Lipinski definition) is 2. The summed E-state index contributed by atoms with van der Waals surface area (Å²) in [5, 5.41) is 11.4. The van der Waals surface area contributed by atoms with Crippen LogP contribution in [0.5, 0.6) is 11.5 Å². The normalized spacial score (nSPS) is 10.3. The minimum atomic E-state index is 0.350. The van der Waals surface area contributed by atoms with E-state index in [-0.39, 0.29) is 0 Å². The van der Waals surface area contributed by atoms with E-state index < -0.39 is 0 Å². The van der Waals surface area contributed by atoms with Crippen molar-refractivity contribution in [3.63, 3.8) is 0 Å². The van der Waals surface area contributed by atoms with E-state index in [1.54, 1.807) is 31.3 Å². The fraction of sp³-hybridized carbons (Fsp3) is 0.167. The lowest BCUT2D eigenvalue weighted by atomic mass is 10.2. The zero-order chi connectivity index (χ0) is 19.2. The third-order valence-electron chi connectivity index (χ3n) is 3.68. The molecule has 0 spiro atoms. The number of anilines is 2. The summed E-state index contributed by atoms with van der Waals surface area (Å²) in [6.45, 7) is 0.582. The van der Waals surface area contributed by atoms with Crippen molar-refractivity contribution in [1.29, 1.82) is 0 Å². The van der Waals surface area contributed by atoms with Gasteiger partial charge in [-0.25, -0.2) is 9.67 Å². The molecule has 9 heteroatoms. The first kappa shape index (κ1) is 18.9. The van der Waals surface area contributed by atoms with Crippen LogP contribution < -0.4 is 20.1 Å². The van der Waals surface area contributed by atoms with Gasteiger partial charge in [-0.1, -0.05) is 23.7 Å². The van der Waals surface area contributed by atoms with E-state index in [4.69, 9.17) is 33.3 Å². The number of hydrogen-bond acceptors (Lipinski definition) is 5. The van der Waals surface area contributed by atoms with Crippen LogP contribution in [-0.4, -0.2) is 34.1 Å². The standard InChI is InChI=1S/C18H18ClN5O2S/c1-25-14-7-8-15(16(9-14)26-2)21-18(27)22-17-20-11-24(23-17)10-12-3-5-13(19)6-4-12/h3-9,11H,10H2,1-2H3,(H2,21,22,23,27). The molecule has 0 bridgehead atoms. The SMILES string of the molecule is COc1ccc(NC(=S)Nc2ncn(Cc3ccc(Cl)cc3)n2)c(OC)c1. The van der Waals surface area contributed by atoms with Crippen molar-refractivity contribution < 1.29 is 9.47 Å². The highest BCUT2D eigenvalue weighted by Crippen LogP contribution is 2.29. The molecule has 1 aromatic heterocycles. The summed E-state index contributed by atoms with van der Waals surface area (Å²) < 4.78 is 12.2. The van der Waals surface area contributed by atoms with Gasteiger partial charge in [0.25, 0.3) is 0 Å². The number of halogens is 1. The van der Waals surface area contributed by atoms with E-state index in [0.29, 0.717) is 39.8 Å². The maximum Gasteiger partial charge on any atom is 0.248 e. The Morgan fingerprint density at radius 3 is 2.59 bits per heavy atom. The smallest absolute Gasteiger partial charge is 0.248 e. The maximum absolute atomic E-state index is 5.90.